The Balaban J connectivity index is 1.39. The summed E-state index contributed by atoms with van der Waals surface area (Å²) < 4.78 is 5.07. The zero-order valence-electron chi connectivity index (χ0n) is 18.2. The van der Waals surface area contributed by atoms with E-state index in [4.69, 9.17) is 4.74 Å². The molecule has 2 amide bonds. The summed E-state index contributed by atoms with van der Waals surface area (Å²) in [6.45, 7) is 4.01. The van der Waals surface area contributed by atoms with E-state index in [2.05, 4.69) is 15.0 Å². The van der Waals surface area contributed by atoms with E-state index in [1.807, 2.05) is 16.7 Å². The van der Waals surface area contributed by atoms with Crippen LogP contribution in [0.25, 0.3) is 0 Å². The molecule has 4 heterocycles. The average Bonchev–Trinajstić information content (AvgIpc) is 2.84. The van der Waals surface area contributed by atoms with Gasteiger partial charge in [-0.05, 0) is 51.0 Å². The van der Waals surface area contributed by atoms with Gasteiger partial charge in [-0.1, -0.05) is 0 Å². The van der Waals surface area contributed by atoms with Crippen molar-refractivity contribution < 1.29 is 14.3 Å². The molecule has 2 aromatic rings. The molecule has 8 heteroatoms. The average molecular weight is 424 g/mol. The van der Waals surface area contributed by atoms with Gasteiger partial charge in [0.15, 0.2) is 0 Å². The van der Waals surface area contributed by atoms with Crippen molar-refractivity contribution in [2.24, 2.45) is 5.92 Å². The normalized spacial score (nSPS) is 19.9. The zero-order valence-corrected chi connectivity index (χ0v) is 18.2. The van der Waals surface area contributed by atoms with Crippen LogP contribution in [0.4, 0.5) is 0 Å². The Kier molecular flexibility index (Phi) is 6.44. The van der Waals surface area contributed by atoms with Gasteiger partial charge in [0, 0.05) is 44.1 Å². The molecule has 4 rings (SSSR count). The number of aryl methyl sites for hydroxylation is 1. The van der Waals surface area contributed by atoms with Crippen LogP contribution in [0.5, 0.6) is 5.88 Å². The molecule has 31 heavy (non-hydrogen) atoms. The predicted octanol–water partition coefficient (Wildman–Crippen LogP) is 2.74. The number of likely N-dealkylation sites (tertiary alicyclic amines) is 2. The molecule has 2 aromatic heterocycles. The van der Waals surface area contributed by atoms with Gasteiger partial charge in [-0.3, -0.25) is 14.6 Å². The topological polar surface area (TPSA) is 88.5 Å². The van der Waals surface area contributed by atoms with Crippen molar-refractivity contribution in [1.29, 1.82) is 0 Å². The van der Waals surface area contributed by atoms with E-state index >= 15 is 0 Å². The maximum atomic E-state index is 13.1. The summed E-state index contributed by atoms with van der Waals surface area (Å²) in [5.74, 6) is 0.858. The largest absolute Gasteiger partial charge is 0.481 e. The van der Waals surface area contributed by atoms with E-state index in [0.29, 0.717) is 36.1 Å². The van der Waals surface area contributed by atoms with Crippen molar-refractivity contribution in [3.63, 3.8) is 0 Å². The standard InChI is InChI=1S/C23H29N5O3/c1-16-13-25-19(15-24-16)23(30)28-10-4-3-5-20(28)17-8-11-27(12-9-17)22(29)18-6-7-21(31-2)26-14-18/h6-7,13-15,17,20H,3-5,8-12H2,1-2H3. The van der Waals surface area contributed by atoms with Crippen LogP contribution in [0.3, 0.4) is 0 Å². The third-order valence-corrected chi connectivity index (χ3v) is 6.37. The van der Waals surface area contributed by atoms with Crippen molar-refractivity contribution in [2.45, 2.75) is 45.1 Å². The summed E-state index contributed by atoms with van der Waals surface area (Å²) in [4.78, 5) is 42.5. The van der Waals surface area contributed by atoms with Crippen LogP contribution in [0, 0.1) is 12.8 Å². The van der Waals surface area contributed by atoms with E-state index in [-0.39, 0.29) is 17.9 Å². The van der Waals surface area contributed by atoms with Crippen LogP contribution in [0.15, 0.2) is 30.7 Å². The van der Waals surface area contributed by atoms with Crippen molar-refractivity contribution in [3.05, 3.63) is 47.7 Å². The van der Waals surface area contributed by atoms with Crippen LogP contribution < -0.4 is 4.74 Å². The number of amides is 2. The number of carbonyl (C=O) groups excluding carboxylic acids is 2. The molecule has 0 aromatic carbocycles. The molecular weight excluding hydrogens is 394 g/mol. The van der Waals surface area contributed by atoms with Gasteiger partial charge in [0.2, 0.25) is 5.88 Å². The van der Waals surface area contributed by atoms with E-state index < -0.39 is 0 Å². The highest BCUT2D eigenvalue weighted by molar-refractivity contribution is 5.94. The molecule has 1 unspecified atom stereocenters. The van der Waals surface area contributed by atoms with Crippen molar-refractivity contribution in [1.82, 2.24) is 24.8 Å². The number of hydrogen-bond donors (Lipinski definition) is 0. The number of nitrogens with zero attached hydrogens (tertiary/aromatic N) is 5. The van der Waals surface area contributed by atoms with Gasteiger partial charge in [0.25, 0.3) is 11.8 Å². The molecule has 2 aliphatic rings. The van der Waals surface area contributed by atoms with Crippen molar-refractivity contribution >= 4 is 11.8 Å². The monoisotopic (exact) mass is 423 g/mol. The number of pyridine rings is 1. The van der Waals surface area contributed by atoms with E-state index in [1.165, 1.54) is 0 Å². The summed E-state index contributed by atoms with van der Waals surface area (Å²) in [6.07, 6.45) is 9.72. The van der Waals surface area contributed by atoms with E-state index in [1.54, 1.807) is 37.8 Å². The number of methoxy groups -OCH3 is 1. The van der Waals surface area contributed by atoms with Crippen molar-refractivity contribution in [3.8, 4) is 5.88 Å². The summed E-state index contributed by atoms with van der Waals surface area (Å²) in [5, 5.41) is 0. The molecule has 0 saturated carbocycles. The molecule has 0 radical (unpaired) electrons. The van der Waals surface area contributed by atoms with Crippen LogP contribution in [-0.2, 0) is 0 Å². The second-order valence-electron chi connectivity index (χ2n) is 8.32. The van der Waals surface area contributed by atoms with Gasteiger partial charge in [-0.15, -0.1) is 0 Å². The molecule has 0 spiro atoms. The molecule has 164 valence electrons. The molecule has 8 nitrogen and oxygen atoms in total. The Morgan fingerprint density at radius 1 is 0.935 bits per heavy atom. The van der Waals surface area contributed by atoms with Gasteiger partial charge >= 0.3 is 0 Å². The zero-order chi connectivity index (χ0) is 21.8. The Labute approximate surface area is 182 Å². The van der Waals surface area contributed by atoms with Gasteiger partial charge in [0.05, 0.1) is 24.6 Å². The second kappa shape index (κ2) is 9.41. The molecular formula is C23H29N5O3. The second-order valence-corrected chi connectivity index (χ2v) is 8.32. The Morgan fingerprint density at radius 3 is 2.39 bits per heavy atom. The third-order valence-electron chi connectivity index (χ3n) is 6.37. The third kappa shape index (κ3) is 4.68. The Morgan fingerprint density at radius 2 is 1.74 bits per heavy atom. The maximum absolute atomic E-state index is 13.1. The fourth-order valence-corrected chi connectivity index (χ4v) is 4.65. The number of piperidine rings is 2. The highest BCUT2D eigenvalue weighted by Gasteiger charge is 2.36. The van der Waals surface area contributed by atoms with Crippen LogP contribution >= 0.6 is 0 Å². The van der Waals surface area contributed by atoms with Crippen LogP contribution in [0.1, 0.15) is 58.6 Å². The first-order valence-corrected chi connectivity index (χ1v) is 11.0. The molecule has 2 fully saturated rings. The first-order chi connectivity index (χ1) is 15.1. The van der Waals surface area contributed by atoms with Gasteiger partial charge in [-0.2, -0.15) is 0 Å². The lowest BCUT2D eigenvalue weighted by Gasteiger charge is -2.43. The van der Waals surface area contributed by atoms with Gasteiger partial charge in [-0.25, -0.2) is 9.97 Å². The minimum Gasteiger partial charge on any atom is -0.481 e. The quantitative estimate of drug-likeness (QED) is 0.751. The summed E-state index contributed by atoms with van der Waals surface area (Å²) in [6, 6.07) is 3.66. The van der Waals surface area contributed by atoms with Crippen LogP contribution in [0.2, 0.25) is 0 Å². The maximum Gasteiger partial charge on any atom is 0.274 e. The predicted molar refractivity (Wildman–Crippen MR) is 115 cm³/mol. The minimum atomic E-state index is -0.0278. The summed E-state index contributed by atoms with van der Waals surface area (Å²) in [5.41, 5.74) is 1.79. The highest BCUT2D eigenvalue weighted by atomic mass is 16.5. The number of carbonyl (C=O) groups is 2. The Hall–Kier alpha value is -3.03. The van der Waals surface area contributed by atoms with E-state index in [0.717, 1.165) is 44.3 Å². The first-order valence-electron chi connectivity index (χ1n) is 11.0. The van der Waals surface area contributed by atoms with E-state index in [9.17, 15) is 9.59 Å². The van der Waals surface area contributed by atoms with Crippen molar-refractivity contribution in [2.75, 3.05) is 26.7 Å². The number of ether oxygens (including phenoxy) is 1. The number of hydrogen-bond acceptors (Lipinski definition) is 6. The smallest absolute Gasteiger partial charge is 0.274 e. The molecule has 2 saturated heterocycles. The molecule has 0 aliphatic carbocycles. The number of aromatic nitrogens is 3. The fraction of sp³-hybridized carbons (Fsp3) is 0.522. The molecule has 0 N–H and O–H groups in total. The SMILES string of the molecule is COc1ccc(C(=O)N2CCC(C3CCCCN3C(=O)c3cnc(C)cn3)CC2)cn1. The molecule has 1 atom stereocenters. The van der Waals surface area contributed by atoms with Crippen LogP contribution in [-0.4, -0.2) is 69.4 Å². The van der Waals surface area contributed by atoms with Gasteiger partial charge < -0.3 is 14.5 Å². The minimum absolute atomic E-state index is 0.000101. The van der Waals surface area contributed by atoms with Gasteiger partial charge in [0.1, 0.15) is 5.69 Å². The summed E-state index contributed by atoms with van der Waals surface area (Å²) in [7, 11) is 1.55. The fourth-order valence-electron chi connectivity index (χ4n) is 4.65. The lowest BCUT2D eigenvalue weighted by Crippen LogP contribution is -2.51. The first kappa shape index (κ1) is 21.2. The molecule has 2 aliphatic heterocycles. The Bertz CT molecular complexity index is 908. The summed E-state index contributed by atoms with van der Waals surface area (Å²) >= 11 is 0. The lowest BCUT2D eigenvalue weighted by atomic mass is 9.83. The number of rotatable bonds is 4. The lowest BCUT2D eigenvalue weighted by molar-refractivity contribution is 0.0370. The highest BCUT2D eigenvalue weighted by Crippen LogP contribution is 2.31. The molecule has 0 bridgehead atoms.